The lowest BCUT2D eigenvalue weighted by Gasteiger charge is -2.26. The average molecular weight is 222 g/mol. The van der Waals surface area contributed by atoms with E-state index in [0.29, 0.717) is 18.5 Å². The zero-order valence-electron chi connectivity index (χ0n) is 10.3. The molecule has 2 rings (SSSR count). The molecule has 1 aromatic heterocycles. The Morgan fingerprint density at radius 1 is 1.31 bits per heavy atom. The summed E-state index contributed by atoms with van der Waals surface area (Å²) in [6.07, 6.45) is 6.57. The van der Waals surface area contributed by atoms with Crippen molar-refractivity contribution in [2.24, 2.45) is 5.73 Å². The van der Waals surface area contributed by atoms with Gasteiger partial charge in [0.25, 0.3) is 0 Å². The maximum atomic E-state index is 5.73. The summed E-state index contributed by atoms with van der Waals surface area (Å²) in [5.41, 5.74) is 5.73. The van der Waals surface area contributed by atoms with Crippen LogP contribution in [0.15, 0.2) is 0 Å². The van der Waals surface area contributed by atoms with Crippen molar-refractivity contribution >= 4 is 0 Å². The molecule has 0 aromatic carbocycles. The van der Waals surface area contributed by atoms with Crippen molar-refractivity contribution < 1.29 is 0 Å². The average Bonchev–Trinajstić information content (AvgIpc) is 2.71. The highest BCUT2D eigenvalue weighted by Gasteiger charge is 2.22. The van der Waals surface area contributed by atoms with E-state index in [-0.39, 0.29) is 0 Å². The second kappa shape index (κ2) is 4.95. The minimum absolute atomic E-state index is 0.308. The van der Waals surface area contributed by atoms with Crippen molar-refractivity contribution in [2.75, 3.05) is 6.54 Å². The molecule has 1 unspecified atom stereocenters. The first kappa shape index (κ1) is 11.6. The van der Waals surface area contributed by atoms with Gasteiger partial charge < -0.3 is 10.3 Å². The van der Waals surface area contributed by atoms with Gasteiger partial charge in [-0.2, -0.15) is 0 Å². The first-order valence-corrected chi connectivity index (χ1v) is 6.35. The molecule has 0 bridgehead atoms. The summed E-state index contributed by atoms with van der Waals surface area (Å²) in [4.78, 5) is 0. The molecule has 0 spiro atoms. The van der Waals surface area contributed by atoms with Gasteiger partial charge in [0, 0.05) is 18.5 Å². The molecule has 0 aliphatic heterocycles. The van der Waals surface area contributed by atoms with Crippen LogP contribution < -0.4 is 5.73 Å². The zero-order chi connectivity index (χ0) is 11.5. The SMILES string of the molecule is Cc1nnc(C(C)CN)n1C1CCCCC1. The Morgan fingerprint density at radius 2 is 2.00 bits per heavy atom. The van der Waals surface area contributed by atoms with Crippen molar-refractivity contribution in [3.8, 4) is 0 Å². The monoisotopic (exact) mass is 222 g/mol. The normalized spacial score (nSPS) is 19.9. The summed E-state index contributed by atoms with van der Waals surface area (Å²) in [7, 11) is 0. The van der Waals surface area contributed by atoms with E-state index < -0.39 is 0 Å². The van der Waals surface area contributed by atoms with Crippen molar-refractivity contribution in [3.05, 3.63) is 11.6 Å². The minimum atomic E-state index is 0.308. The van der Waals surface area contributed by atoms with E-state index in [4.69, 9.17) is 5.73 Å². The van der Waals surface area contributed by atoms with Crippen molar-refractivity contribution in [2.45, 2.75) is 57.9 Å². The van der Waals surface area contributed by atoms with Crippen LogP contribution in [0.4, 0.5) is 0 Å². The van der Waals surface area contributed by atoms with Gasteiger partial charge in [0.1, 0.15) is 11.6 Å². The van der Waals surface area contributed by atoms with E-state index in [9.17, 15) is 0 Å². The highest BCUT2D eigenvalue weighted by molar-refractivity contribution is 5.03. The fraction of sp³-hybridized carbons (Fsp3) is 0.833. The predicted molar refractivity (Wildman–Crippen MR) is 64.4 cm³/mol. The minimum Gasteiger partial charge on any atom is -0.330 e. The van der Waals surface area contributed by atoms with E-state index in [0.717, 1.165) is 11.6 Å². The Hall–Kier alpha value is -0.900. The molecule has 16 heavy (non-hydrogen) atoms. The Bertz CT molecular complexity index is 339. The molecular weight excluding hydrogens is 200 g/mol. The molecule has 2 N–H and O–H groups in total. The van der Waals surface area contributed by atoms with Gasteiger partial charge in [-0.1, -0.05) is 26.2 Å². The van der Waals surface area contributed by atoms with Crippen LogP contribution in [0, 0.1) is 6.92 Å². The lowest BCUT2D eigenvalue weighted by molar-refractivity contribution is 0.337. The van der Waals surface area contributed by atoms with Gasteiger partial charge in [-0.15, -0.1) is 10.2 Å². The number of rotatable bonds is 3. The first-order valence-electron chi connectivity index (χ1n) is 6.35. The van der Waals surface area contributed by atoms with Gasteiger partial charge in [-0.05, 0) is 19.8 Å². The fourth-order valence-electron chi connectivity index (χ4n) is 2.62. The van der Waals surface area contributed by atoms with Gasteiger partial charge in [0.2, 0.25) is 0 Å². The molecule has 1 atom stereocenters. The van der Waals surface area contributed by atoms with Crippen LogP contribution in [0.5, 0.6) is 0 Å². The lowest BCUT2D eigenvalue weighted by Crippen LogP contribution is -2.21. The molecule has 4 nitrogen and oxygen atoms in total. The lowest BCUT2D eigenvalue weighted by atomic mass is 9.94. The number of hydrogen-bond donors (Lipinski definition) is 1. The summed E-state index contributed by atoms with van der Waals surface area (Å²) in [5.74, 6) is 2.43. The van der Waals surface area contributed by atoms with Gasteiger partial charge in [0.05, 0.1) is 0 Å². The first-order chi connectivity index (χ1) is 7.74. The molecule has 1 heterocycles. The van der Waals surface area contributed by atoms with E-state index in [1.807, 2.05) is 6.92 Å². The van der Waals surface area contributed by atoms with Crippen LogP contribution in [-0.4, -0.2) is 21.3 Å². The maximum Gasteiger partial charge on any atom is 0.137 e. The summed E-state index contributed by atoms with van der Waals surface area (Å²) in [6.45, 7) is 4.82. The quantitative estimate of drug-likeness (QED) is 0.852. The predicted octanol–water partition coefficient (Wildman–Crippen LogP) is 2.15. The Balaban J connectivity index is 2.26. The molecule has 0 saturated heterocycles. The maximum absolute atomic E-state index is 5.73. The number of hydrogen-bond acceptors (Lipinski definition) is 3. The van der Waals surface area contributed by atoms with Crippen LogP contribution >= 0.6 is 0 Å². The molecule has 1 saturated carbocycles. The molecule has 90 valence electrons. The highest BCUT2D eigenvalue weighted by Crippen LogP contribution is 2.31. The van der Waals surface area contributed by atoms with Gasteiger partial charge in [0.15, 0.2) is 0 Å². The van der Waals surface area contributed by atoms with Gasteiger partial charge in [-0.25, -0.2) is 0 Å². The molecule has 1 aliphatic carbocycles. The molecular formula is C12H22N4. The molecule has 1 fully saturated rings. The number of nitrogens with zero attached hydrogens (tertiary/aromatic N) is 3. The molecule has 4 heteroatoms. The third-order valence-electron chi connectivity index (χ3n) is 3.63. The van der Waals surface area contributed by atoms with Crippen LogP contribution in [0.3, 0.4) is 0 Å². The van der Waals surface area contributed by atoms with Crippen LogP contribution in [-0.2, 0) is 0 Å². The topological polar surface area (TPSA) is 56.7 Å². The van der Waals surface area contributed by atoms with E-state index in [1.165, 1.54) is 32.1 Å². The van der Waals surface area contributed by atoms with Crippen molar-refractivity contribution in [3.63, 3.8) is 0 Å². The molecule has 1 aromatic rings. The molecule has 0 amide bonds. The summed E-state index contributed by atoms with van der Waals surface area (Å²) in [6, 6.07) is 0.604. The van der Waals surface area contributed by atoms with Crippen molar-refractivity contribution in [1.29, 1.82) is 0 Å². The zero-order valence-corrected chi connectivity index (χ0v) is 10.3. The largest absolute Gasteiger partial charge is 0.330 e. The van der Waals surface area contributed by atoms with Crippen LogP contribution in [0.2, 0.25) is 0 Å². The molecule has 0 radical (unpaired) electrons. The second-order valence-corrected chi connectivity index (χ2v) is 4.90. The Kier molecular flexibility index (Phi) is 3.59. The number of aromatic nitrogens is 3. The third-order valence-corrected chi connectivity index (χ3v) is 3.63. The summed E-state index contributed by atoms with van der Waals surface area (Å²) >= 11 is 0. The van der Waals surface area contributed by atoms with Crippen LogP contribution in [0.25, 0.3) is 0 Å². The van der Waals surface area contributed by atoms with Crippen molar-refractivity contribution in [1.82, 2.24) is 14.8 Å². The smallest absolute Gasteiger partial charge is 0.137 e. The Morgan fingerprint density at radius 3 is 2.62 bits per heavy atom. The number of aryl methyl sites for hydroxylation is 1. The standard InChI is InChI=1S/C12H22N4/c1-9(8-13)12-15-14-10(2)16(12)11-6-4-3-5-7-11/h9,11H,3-8,13H2,1-2H3. The summed E-state index contributed by atoms with van der Waals surface area (Å²) in [5, 5.41) is 8.51. The fourth-order valence-corrected chi connectivity index (χ4v) is 2.62. The second-order valence-electron chi connectivity index (χ2n) is 4.90. The highest BCUT2D eigenvalue weighted by atomic mass is 15.3. The third kappa shape index (κ3) is 2.12. The Labute approximate surface area is 97.2 Å². The number of nitrogens with two attached hydrogens (primary N) is 1. The summed E-state index contributed by atoms with van der Waals surface area (Å²) < 4.78 is 2.33. The van der Waals surface area contributed by atoms with E-state index in [2.05, 4.69) is 21.7 Å². The van der Waals surface area contributed by atoms with Crippen LogP contribution in [0.1, 0.15) is 62.6 Å². The van der Waals surface area contributed by atoms with E-state index in [1.54, 1.807) is 0 Å². The van der Waals surface area contributed by atoms with Gasteiger partial charge >= 0.3 is 0 Å². The van der Waals surface area contributed by atoms with E-state index >= 15 is 0 Å². The van der Waals surface area contributed by atoms with Gasteiger partial charge in [-0.3, -0.25) is 0 Å². The molecule has 1 aliphatic rings.